The second kappa shape index (κ2) is 11.0. The summed E-state index contributed by atoms with van der Waals surface area (Å²) < 4.78 is 18.6. The number of hydrogen-bond donors (Lipinski definition) is 1. The minimum absolute atomic E-state index is 0. The van der Waals surface area contributed by atoms with Gasteiger partial charge >= 0.3 is 0 Å². The van der Waals surface area contributed by atoms with Crippen LogP contribution in [0.3, 0.4) is 0 Å². The molecule has 5 rings (SSSR count). The van der Waals surface area contributed by atoms with Crippen molar-refractivity contribution in [1.82, 2.24) is 4.90 Å². The first-order valence-electron chi connectivity index (χ1n) is 11.2. The van der Waals surface area contributed by atoms with Crippen LogP contribution in [0.15, 0.2) is 66.7 Å². The molecule has 178 valence electrons. The number of aromatic hydroxyl groups is 1. The maximum absolute atomic E-state index is 9.96. The Hall–Kier alpha value is -2.93. The zero-order valence-corrected chi connectivity index (χ0v) is 20.7. The van der Waals surface area contributed by atoms with Crippen LogP contribution in [0, 0.1) is 0 Å². The predicted molar refractivity (Wildman–Crippen MR) is 140 cm³/mol. The van der Waals surface area contributed by atoms with Crippen molar-refractivity contribution in [1.29, 1.82) is 0 Å². The fraction of sp³-hybridized carbons (Fsp3) is 0.259. The molecule has 5 nitrogen and oxygen atoms in total. The minimum atomic E-state index is 0. The van der Waals surface area contributed by atoms with Gasteiger partial charge in [-0.25, -0.2) is 0 Å². The van der Waals surface area contributed by atoms with Crippen LogP contribution in [-0.2, 0) is 0 Å². The molecule has 0 spiro atoms. The predicted octanol–water partition coefficient (Wildman–Crippen LogP) is 6.97. The van der Waals surface area contributed by atoms with E-state index < -0.39 is 0 Å². The van der Waals surface area contributed by atoms with E-state index in [0.717, 1.165) is 50.1 Å². The number of halogens is 1. The normalized spacial score (nSPS) is 13.6. The molecule has 1 saturated heterocycles. The zero-order chi connectivity index (χ0) is 22.6. The fourth-order valence-corrected chi connectivity index (χ4v) is 5.28. The standard InChI is InChI=1S/C27H27NO4S.ClH/c1-30-21-7-4-19(5-8-21)27-26(24-13-6-20(29)18-25(24)33-27)32-23-11-9-22(10-12-23)31-17-16-28-14-2-3-15-28;/h4-13,18,29H,2-3,14-17H2,1H3;1H. The third-order valence-corrected chi connectivity index (χ3v) is 7.08. The summed E-state index contributed by atoms with van der Waals surface area (Å²) in [4.78, 5) is 3.45. The molecule has 4 aromatic rings. The summed E-state index contributed by atoms with van der Waals surface area (Å²) in [6.45, 7) is 4.02. The first-order valence-corrected chi connectivity index (χ1v) is 12.0. The molecule has 34 heavy (non-hydrogen) atoms. The maximum atomic E-state index is 9.96. The lowest BCUT2D eigenvalue weighted by molar-refractivity contribution is 0.237. The van der Waals surface area contributed by atoms with Crippen LogP contribution in [-0.4, -0.2) is 43.4 Å². The number of benzene rings is 3. The number of thiophene rings is 1. The lowest BCUT2D eigenvalue weighted by atomic mass is 10.1. The number of nitrogens with zero attached hydrogens (tertiary/aromatic N) is 1. The Morgan fingerprint density at radius 2 is 1.56 bits per heavy atom. The van der Waals surface area contributed by atoms with Gasteiger partial charge in [0.15, 0.2) is 5.75 Å². The van der Waals surface area contributed by atoms with Crippen LogP contribution >= 0.6 is 23.7 Å². The number of phenols is 1. The molecule has 1 aliphatic rings. The van der Waals surface area contributed by atoms with Crippen molar-refractivity contribution in [2.75, 3.05) is 33.4 Å². The van der Waals surface area contributed by atoms with E-state index in [2.05, 4.69) is 4.90 Å². The molecular formula is C27H28ClNO4S. The van der Waals surface area contributed by atoms with Crippen molar-refractivity contribution < 1.29 is 19.3 Å². The van der Waals surface area contributed by atoms with E-state index in [4.69, 9.17) is 14.2 Å². The van der Waals surface area contributed by atoms with Crippen molar-refractivity contribution in [3.8, 4) is 39.2 Å². The van der Waals surface area contributed by atoms with Gasteiger partial charge in [0.25, 0.3) is 0 Å². The van der Waals surface area contributed by atoms with E-state index in [1.165, 1.54) is 25.9 Å². The smallest absolute Gasteiger partial charge is 0.153 e. The van der Waals surface area contributed by atoms with Crippen LogP contribution in [0.4, 0.5) is 0 Å². The molecule has 0 saturated carbocycles. The SMILES string of the molecule is COc1ccc(-c2sc3cc(O)ccc3c2Oc2ccc(OCCN3CCCC3)cc2)cc1.Cl. The van der Waals surface area contributed by atoms with Gasteiger partial charge in [-0.05, 0) is 98.2 Å². The lowest BCUT2D eigenvalue weighted by Crippen LogP contribution is -2.25. The van der Waals surface area contributed by atoms with Gasteiger partial charge in [0.2, 0.25) is 0 Å². The first kappa shape index (κ1) is 24.2. The van der Waals surface area contributed by atoms with Crippen LogP contribution in [0.5, 0.6) is 28.7 Å². The quantitative estimate of drug-likeness (QED) is 0.285. The first-order chi connectivity index (χ1) is 16.2. The fourth-order valence-electron chi connectivity index (χ4n) is 4.12. The second-order valence-electron chi connectivity index (χ2n) is 8.14. The summed E-state index contributed by atoms with van der Waals surface area (Å²) in [6, 6.07) is 21.1. The molecule has 7 heteroatoms. The summed E-state index contributed by atoms with van der Waals surface area (Å²) in [5.41, 5.74) is 1.04. The third-order valence-electron chi connectivity index (χ3n) is 5.90. The average Bonchev–Trinajstić information content (AvgIpc) is 3.48. The van der Waals surface area contributed by atoms with Gasteiger partial charge in [0.05, 0.1) is 12.0 Å². The Bertz CT molecular complexity index is 1220. The van der Waals surface area contributed by atoms with Crippen molar-refractivity contribution in [3.05, 3.63) is 66.7 Å². The molecule has 1 aliphatic heterocycles. The van der Waals surface area contributed by atoms with E-state index in [1.54, 1.807) is 30.6 Å². The van der Waals surface area contributed by atoms with Gasteiger partial charge in [-0.1, -0.05) is 0 Å². The molecule has 0 amide bonds. The number of methoxy groups -OCH3 is 1. The number of rotatable bonds is 8. The molecule has 0 bridgehead atoms. The number of hydrogen-bond acceptors (Lipinski definition) is 6. The van der Waals surface area contributed by atoms with Crippen molar-refractivity contribution in [3.63, 3.8) is 0 Å². The summed E-state index contributed by atoms with van der Waals surface area (Å²) in [5, 5.41) is 10.9. The highest BCUT2D eigenvalue weighted by atomic mass is 35.5. The molecule has 3 aromatic carbocycles. The van der Waals surface area contributed by atoms with Gasteiger partial charge in [0, 0.05) is 16.6 Å². The van der Waals surface area contributed by atoms with Crippen LogP contribution in [0.2, 0.25) is 0 Å². The zero-order valence-electron chi connectivity index (χ0n) is 19.0. The Balaban J connectivity index is 0.00000274. The molecule has 0 unspecified atom stereocenters. The van der Waals surface area contributed by atoms with Crippen molar-refractivity contribution in [2.24, 2.45) is 0 Å². The van der Waals surface area contributed by atoms with Crippen molar-refractivity contribution in [2.45, 2.75) is 12.8 Å². The summed E-state index contributed by atoms with van der Waals surface area (Å²) in [6.07, 6.45) is 2.59. The molecule has 0 atom stereocenters. The molecule has 0 aliphatic carbocycles. The monoisotopic (exact) mass is 497 g/mol. The minimum Gasteiger partial charge on any atom is -0.508 e. The van der Waals surface area contributed by atoms with E-state index in [9.17, 15) is 5.11 Å². The van der Waals surface area contributed by atoms with Gasteiger partial charge in [-0.3, -0.25) is 4.90 Å². The highest BCUT2D eigenvalue weighted by Gasteiger charge is 2.17. The molecule has 0 radical (unpaired) electrons. The molecular weight excluding hydrogens is 470 g/mol. The Labute approximate surface area is 209 Å². The van der Waals surface area contributed by atoms with Crippen LogP contribution < -0.4 is 14.2 Å². The van der Waals surface area contributed by atoms with E-state index in [-0.39, 0.29) is 18.2 Å². The van der Waals surface area contributed by atoms with Gasteiger partial charge < -0.3 is 19.3 Å². The second-order valence-corrected chi connectivity index (χ2v) is 9.19. The van der Waals surface area contributed by atoms with Gasteiger partial charge in [-0.2, -0.15) is 0 Å². The van der Waals surface area contributed by atoms with Crippen LogP contribution in [0.25, 0.3) is 20.5 Å². The number of likely N-dealkylation sites (tertiary alicyclic amines) is 1. The number of phenolic OH excluding ortho intramolecular Hbond substituents is 1. The molecule has 1 fully saturated rings. The lowest BCUT2D eigenvalue weighted by Gasteiger charge is -2.15. The van der Waals surface area contributed by atoms with Gasteiger partial charge in [-0.15, -0.1) is 23.7 Å². The maximum Gasteiger partial charge on any atom is 0.153 e. The highest BCUT2D eigenvalue weighted by molar-refractivity contribution is 7.22. The topological polar surface area (TPSA) is 51.2 Å². The number of fused-ring (bicyclic) bond motifs is 1. The molecule has 2 heterocycles. The van der Waals surface area contributed by atoms with Crippen LogP contribution in [0.1, 0.15) is 12.8 Å². The summed E-state index contributed by atoms with van der Waals surface area (Å²) in [7, 11) is 1.66. The van der Waals surface area contributed by atoms with E-state index >= 15 is 0 Å². The summed E-state index contributed by atoms with van der Waals surface area (Å²) in [5.74, 6) is 3.41. The largest absolute Gasteiger partial charge is 0.508 e. The van der Waals surface area contributed by atoms with Gasteiger partial charge in [0.1, 0.15) is 29.6 Å². The molecule has 1 N–H and O–H groups in total. The average molecular weight is 498 g/mol. The Morgan fingerprint density at radius 3 is 2.26 bits per heavy atom. The Kier molecular flexibility index (Phi) is 7.83. The van der Waals surface area contributed by atoms with Crippen molar-refractivity contribution >= 4 is 33.8 Å². The number of ether oxygens (including phenoxy) is 3. The highest BCUT2D eigenvalue weighted by Crippen LogP contribution is 2.47. The van der Waals surface area contributed by atoms with E-state index in [1.807, 2.05) is 54.6 Å². The Morgan fingerprint density at radius 1 is 0.882 bits per heavy atom. The molecule has 1 aromatic heterocycles. The summed E-state index contributed by atoms with van der Waals surface area (Å²) >= 11 is 1.59. The van der Waals surface area contributed by atoms with E-state index in [0.29, 0.717) is 6.61 Å². The third kappa shape index (κ3) is 5.41.